The Labute approximate surface area is 97.4 Å². The second kappa shape index (κ2) is 4.56. The van der Waals surface area contributed by atoms with Crippen LogP contribution in [0.2, 0.25) is 0 Å². The van der Waals surface area contributed by atoms with Gasteiger partial charge in [0.05, 0.1) is 11.9 Å². The van der Waals surface area contributed by atoms with E-state index in [9.17, 15) is 9.59 Å². The van der Waals surface area contributed by atoms with Crippen molar-refractivity contribution in [1.29, 1.82) is 0 Å². The number of H-pyrrole nitrogens is 1. The summed E-state index contributed by atoms with van der Waals surface area (Å²) < 4.78 is 0. The zero-order valence-corrected chi connectivity index (χ0v) is 9.25. The summed E-state index contributed by atoms with van der Waals surface area (Å²) in [5.41, 5.74) is 0.383. The van der Waals surface area contributed by atoms with Gasteiger partial charge >= 0.3 is 6.03 Å². The number of hydrogen-bond acceptors (Lipinski definition) is 2. The topological polar surface area (TPSA) is 70.1 Å². The predicted octanol–water partition coefficient (Wildman–Crippen LogP) is 0.785. The molecular formula is C11H12N4O2. The molecule has 6 heteroatoms. The molecule has 2 N–H and O–H groups in total. The summed E-state index contributed by atoms with van der Waals surface area (Å²) in [4.78, 5) is 24.2. The lowest BCUT2D eigenvalue weighted by Crippen LogP contribution is -2.42. The lowest BCUT2D eigenvalue weighted by molar-refractivity contribution is 0.245. The first-order valence-corrected chi connectivity index (χ1v) is 5.07. The number of carbonyl (C=O) groups excluding carboxylic acids is 1. The molecule has 0 radical (unpaired) electrons. The minimum atomic E-state index is -0.344. The van der Waals surface area contributed by atoms with Gasteiger partial charge in [-0.15, -0.1) is 0 Å². The van der Waals surface area contributed by atoms with Crippen molar-refractivity contribution in [2.75, 3.05) is 12.1 Å². The summed E-state index contributed by atoms with van der Waals surface area (Å²) in [5.74, 6) is 0. The first kappa shape index (κ1) is 11.0. The molecule has 6 nitrogen and oxygen atoms in total. The summed E-state index contributed by atoms with van der Waals surface area (Å²) >= 11 is 0. The third-order valence-corrected chi connectivity index (χ3v) is 2.21. The summed E-state index contributed by atoms with van der Waals surface area (Å²) in [6.45, 7) is 0. The van der Waals surface area contributed by atoms with E-state index in [0.29, 0.717) is 5.69 Å². The first-order valence-electron chi connectivity index (χ1n) is 5.07. The average molecular weight is 232 g/mol. The molecular weight excluding hydrogens is 220 g/mol. The van der Waals surface area contributed by atoms with Crippen LogP contribution in [0.25, 0.3) is 0 Å². The lowest BCUT2D eigenvalue weighted by atomic mass is 10.3. The molecule has 1 heterocycles. The van der Waals surface area contributed by atoms with Crippen molar-refractivity contribution in [1.82, 2.24) is 15.2 Å². The molecule has 2 amide bonds. The highest BCUT2D eigenvalue weighted by molar-refractivity contribution is 5.90. The molecule has 0 saturated carbocycles. The zero-order valence-electron chi connectivity index (χ0n) is 9.25. The number of aromatic amines is 1. The van der Waals surface area contributed by atoms with Crippen molar-refractivity contribution in [3.8, 4) is 0 Å². The molecule has 2 aromatic rings. The van der Waals surface area contributed by atoms with Crippen LogP contribution in [0.1, 0.15) is 0 Å². The molecule has 0 atom stereocenters. The van der Waals surface area contributed by atoms with E-state index in [4.69, 9.17) is 0 Å². The van der Waals surface area contributed by atoms with Gasteiger partial charge < -0.3 is 5.32 Å². The minimum Gasteiger partial charge on any atom is -0.339 e. The summed E-state index contributed by atoms with van der Waals surface area (Å²) in [6.07, 6.45) is 1.49. The van der Waals surface area contributed by atoms with Crippen LogP contribution in [0.3, 0.4) is 0 Å². The Morgan fingerprint density at radius 1 is 1.29 bits per heavy atom. The number of anilines is 1. The maximum absolute atomic E-state index is 11.8. The summed E-state index contributed by atoms with van der Waals surface area (Å²) in [5, 5.41) is 6.35. The smallest absolute Gasteiger partial charge is 0.339 e. The van der Waals surface area contributed by atoms with E-state index in [0.717, 1.165) is 0 Å². The van der Waals surface area contributed by atoms with Crippen molar-refractivity contribution < 1.29 is 4.79 Å². The Balaban J connectivity index is 2.46. The number of nitrogens with one attached hydrogen (secondary N) is 2. The van der Waals surface area contributed by atoms with Gasteiger partial charge in [0.15, 0.2) is 0 Å². The maximum Gasteiger partial charge on any atom is 0.342 e. The number of rotatable bonds is 2. The Morgan fingerprint density at radius 3 is 2.53 bits per heavy atom. The van der Waals surface area contributed by atoms with Crippen molar-refractivity contribution in [3.05, 3.63) is 52.9 Å². The molecule has 0 aliphatic rings. The highest BCUT2D eigenvalue weighted by Gasteiger charge is 2.15. The van der Waals surface area contributed by atoms with E-state index in [2.05, 4.69) is 10.4 Å². The van der Waals surface area contributed by atoms with Crippen molar-refractivity contribution >= 4 is 11.7 Å². The Morgan fingerprint density at radius 2 is 2.00 bits per heavy atom. The average Bonchev–Trinajstić information content (AvgIpc) is 2.77. The molecule has 1 aromatic heterocycles. The fourth-order valence-electron chi connectivity index (χ4n) is 1.46. The number of benzene rings is 1. The van der Waals surface area contributed by atoms with E-state index < -0.39 is 0 Å². The number of nitrogens with zero attached hydrogens (tertiary/aromatic N) is 2. The fourth-order valence-corrected chi connectivity index (χ4v) is 1.46. The van der Waals surface area contributed by atoms with Crippen molar-refractivity contribution in [3.63, 3.8) is 0 Å². The molecule has 2 rings (SSSR count). The summed E-state index contributed by atoms with van der Waals surface area (Å²) in [7, 11) is 1.53. The largest absolute Gasteiger partial charge is 0.342 e. The van der Waals surface area contributed by atoms with Crippen LogP contribution in [0.15, 0.2) is 47.4 Å². The van der Waals surface area contributed by atoms with Gasteiger partial charge in [0, 0.05) is 13.1 Å². The number of amides is 2. The van der Waals surface area contributed by atoms with Gasteiger partial charge in [0.1, 0.15) is 0 Å². The normalized spacial score (nSPS) is 9.94. The van der Waals surface area contributed by atoms with Crippen LogP contribution >= 0.6 is 0 Å². The van der Waals surface area contributed by atoms with E-state index in [1.54, 1.807) is 12.1 Å². The van der Waals surface area contributed by atoms with Crippen LogP contribution in [0.5, 0.6) is 0 Å². The van der Waals surface area contributed by atoms with E-state index in [1.165, 1.54) is 29.1 Å². The molecule has 17 heavy (non-hydrogen) atoms. The van der Waals surface area contributed by atoms with Crippen molar-refractivity contribution in [2.45, 2.75) is 0 Å². The molecule has 0 spiro atoms. The Bertz CT molecular complexity index is 558. The Hall–Kier alpha value is -2.50. The zero-order chi connectivity index (χ0) is 12.3. The monoisotopic (exact) mass is 232 g/mol. The van der Waals surface area contributed by atoms with Gasteiger partial charge in [-0.3, -0.25) is 4.79 Å². The van der Waals surface area contributed by atoms with Crippen molar-refractivity contribution in [2.24, 2.45) is 0 Å². The SMILES string of the molecule is CNC(=O)N(c1ccccc1)n1ccc(=O)[nH]1. The molecule has 0 aliphatic heterocycles. The third kappa shape index (κ3) is 2.20. The molecule has 0 fully saturated rings. The number of hydrogen-bond donors (Lipinski definition) is 2. The molecule has 88 valence electrons. The fraction of sp³-hybridized carbons (Fsp3) is 0.0909. The Kier molecular flexibility index (Phi) is 2.95. The lowest BCUT2D eigenvalue weighted by Gasteiger charge is -2.22. The standard InChI is InChI=1S/C11H12N4O2/c1-12-11(17)15(9-5-3-2-4-6-9)14-8-7-10(16)13-14/h2-8H,1H3,(H,12,17)(H,13,16). The van der Waals surface area contributed by atoms with Crippen LogP contribution in [-0.4, -0.2) is 23.0 Å². The third-order valence-electron chi connectivity index (χ3n) is 2.21. The summed E-state index contributed by atoms with van der Waals surface area (Å²) in [6, 6.07) is 10.0. The second-order valence-electron chi connectivity index (χ2n) is 3.34. The molecule has 0 bridgehead atoms. The second-order valence-corrected chi connectivity index (χ2v) is 3.34. The van der Waals surface area contributed by atoms with E-state index >= 15 is 0 Å². The predicted molar refractivity (Wildman–Crippen MR) is 63.8 cm³/mol. The molecule has 0 aliphatic carbocycles. The van der Waals surface area contributed by atoms with Gasteiger partial charge in [-0.25, -0.2) is 9.89 Å². The van der Waals surface area contributed by atoms with E-state index in [1.807, 2.05) is 18.2 Å². The highest BCUT2D eigenvalue weighted by Crippen LogP contribution is 2.13. The van der Waals surface area contributed by atoms with Crippen LogP contribution < -0.4 is 15.9 Å². The quantitative estimate of drug-likeness (QED) is 0.803. The van der Waals surface area contributed by atoms with Crippen LogP contribution in [0, 0.1) is 0 Å². The van der Waals surface area contributed by atoms with E-state index in [-0.39, 0.29) is 11.6 Å². The van der Waals surface area contributed by atoms with Crippen LogP contribution in [0.4, 0.5) is 10.5 Å². The molecule has 1 aromatic carbocycles. The maximum atomic E-state index is 11.8. The highest BCUT2D eigenvalue weighted by atomic mass is 16.2. The van der Waals surface area contributed by atoms with Gasteiger partial charge in [-0.1, -0.05) is 18.2 Å². The molecule has 0 saturated heterocycles. The number of carbonyl (C=O) groups is 1. The number of para-hydroxylation sites is 1. The minimum absolute atomic E-state index is 0.269. The number of urea groups is 1. The van der Waals surface area contributed by atoms with Gasteiger partial charge in [-0.05, 0) is 12.1 Å². The number of aromatic nitrogens is 2. The van der Waals surface area contributed by atoms with Gasteiger partial charge in [-0.2, -0.15) is 9.80 Å². The van der Waals surface area contributed by atoms with Gasteiger partial charge in [0.2, 0.25) is 0 Å². The van der Waals surface area contributed by atoms with Gasteiger partial charge in [0.25, 0.3) is 5.56 Å². The van der Waals surface area contributed by atoms with Crippen LogP contribution in [-0.2, 0) is 0 Å². The molecule has 0 unspecified atom stereocenters. The first-order chi connectivity index (χ1) is 8.22.